The maximum absolute atomic E-state index is 5.79. The Bertz CT molecular complexity index is 507. The molecule has 0 amide bonds. The Labute approximate surface area is 103 Å². The fourth-order valence-electron chi connectivity index (χ4n) is 1.58. The molecule has 1 heterocycles. The van der Waals surface area contributed by atoms with Gasteiger partial charge < -0.3 is 14.5 Å². The zero-order valence-electron chi connectivity index (χ0n) is 9.50. The summed E-state index contributed by atoms with van der Waals surface area (Å²) in [5.41, 5.74) is 0.859. The van der Waals surface area contributed by atoms with E-state index in [-0.39, 0.29) is 6.04 Å². The maximum atomic E-state index is 5.79. The average Bonchev–Trinajstić information content (AvgIpc) is 2.72. The molecule has 0 saturated heterocycles. The lowest BCUT2D eigenvalue weighted by atomic mass is 10.2. The minimum Gasteiger partial charge on any atom is -0.497 e. The molecule has 3 nitrogen and oxygen atoms in total. The molecule has 2 rings (SSSR count). The van der Waals surface area contributed by atoms with Crippen LogP contribution in [0, 0.1) is 0 Å². The average molecular weight is 284 g/mol. The fraction of sp³-hybridized carbons (Fsp3) is 0.333. The molecule has 1 atom stereocenters. The molecule has 0 aliphatic heterocycles. The van der Waals surface area contributed by atoms with E-state index in [0.717, 1.165) is 27.0 Å². The molecule has 1 N–H and O–H groups in total. The van der Waals surface area contributed by atoms with Crippen LogP contribution >= 0.6 is 15.9 Å². The van der Waals surface area contributed by atoms with Gasteiger partial charge in [0, 0.05) is 5.39 Å². The van der Waals surface area contributed by atoms with E-state index in [4.69, 9.17) is 9.15 Å². The third-order valence-electron chi connectivity index (χ3n) is 2.66. The van der Waals surface area contributed by atoms with Crippen LogP contribution in [0.1, 0.15) is 18.7 Å². The van der Waals surface area contributed by atoms with Crippen LogP contribution in [0.25, 0.3) is 11.0 Å². The molecule has 0 fully saturated rings. The number of hydrogen-bond donors (Lipinski definition) is 1. The molecule has 16 heavy (non-hydrogen) atoms. The molecule has 1 aromatic carbocycles. The standard InChI is InChI=1S/C12H14BrNO2/c1-7(14-2)11-5-8-4-9(15-3)6-10(13)12(8)16-11/h4-7,14H,1-3H3. The smallest absolute Gasteiger partial charge is 0.148 e. The number of methoxy groups -OCH3 is 1. The largest absolute Gasteiger partial charge is 0.497 e. The van der Waals surface area contributed by atoms with Gasteiger partial charge in [0.15, 0.2) is 0 Å². The number of hydrogen-bond acceptors (Lipinski definition) is 3. The number of benzene rings is 1. The van der Waals surface area contributed by atoms with E-state index in [2.05, 4.69) is 28.2 Å². The van der Waals surface area contributed by atoms with Crippen LogP contribution in [0.3, 0.4) is 0 Å². The van der Waals surface area contributed by atoms with Gasteiger partial charge in [-0.2, -0.15) is 0 Å². The molecule has 0 aliphatic carbocycles. The van der Waals surface area contributed by atoms with Crippen LogP contribution in [0.2, 0.25) is 0 Å². The molecule has 0 spiro atoms. The summed E-state index contributed by atoms with van der Waals surface area (Å²) in [5, 5.41) is 4.19. The molecule has 1 aromatic heterocycles. The number of nitrogens with one attached hydrogen (secondary N) is 1. The summed E-state index contributed by atoms with van der Waals surface area (Å²) < 4.78 is 11.9. The molecule has 1 unspecified atom stereocenters. The Morgan fingerprint density at radius 1 is 1.38 bits per heavy atom. The second-order valence-corrected chi connectivity index (χ2v) is 4.54. The van der Waals surface area contributed by atoms with Gasteiger partial charge in [-0.1, -0.05) is 0 Å². The van der Waals surface area contributed by atoms with Crippen LogP contribution in [-0.2, 0) is 0 Å². The summed E-state index contributed by atoms with van der Waals surface area (Å²) in [4.78, 5) is 0. The molecular weight excluding hydrogens is 270 g/mol. The Morgan fingerprint density at radius 3 is 2.75 bits per heavy atom. The lowest BCUT2D eigenvalue weighted by molar-refractivity contribution is 0.415. The van der Waals surface area contributed by atoms with Crippen LogP contribution in [-0.4, -0.2) is 14.2 Å². The first kappa shape index (κ1) is 11.5. The number of rotatable bonds is 3. The molecule has 0 saturated carbocycles. The first-order valence-corrected chi connectivity index (χ1v) is 5.89. The molecule has 2 aromatic rings. The van der Waals surface area contributed by atoms with Gasteiger partial charge in [0.1, 0.15) is 17.1 Å². The zero-order valence-corrected chi connectivity index (χ0v) is 11.1. The van der Waals surface area contributed by atoms with Crippen molar-refractivity contribution >= 4 is 26.9 Å². The SMILES string of the molecule is CNC(C)c1cc2cc(OC)cc(Br)c2o1. The van der Waals surface area contributed by atoms with E-state index < -0.39 is 0 Å². The Hall–Kier alpha value is -1.00. The third-order valence-corrected chi connectivity index (χ3v) is 3.25. The zero-order chi connectivity index (χ0) is 11.7. The molecule has 86 valence electrons. The lowest BCUT2D eigenvalue weighted by Gasteiger charge is -2.04. The van der Waals surface area contributed by atoms with Gasteiger partial charge >= 0.3 is 0 Å². The molecule has 4 heteroatoms. The van der Waals surface area contributed by atoms with Crippen LogP contribution in [0.5, 0.6) is 5.75 Å². The second kappa shape index (κ2) is 4.47. The molecule has 0 radical (unpaired) electrons. The van der Waals surface area contributed by atoms with Crippen molar-refractivity contribution in [2.75, 3.05) is 14.2 Å². The number of fused-ring (bicyclic) bond motifs is 1. The highest BCUT2D eigenvalue weighted by molar-refractivity contribution is 9.10. The monoisotopic (exact) mass is 283 g/mol. The topological polar surface area (TPSA) is 34.4 Å². The predicted octanol–water partition coefficient (Wildman–Crippen LogP) is 3.48. The van der Waals surface area contributed by atoms with Crippen molar-refractivity contribution in [3.8, 4) is 5.75 Å². The van der Waals surface area contributed by atoms with Gasteiger partial charge in [0.2, 0.25) is 0 Å². The summed E-state index contributed by atoms with van der Waals surface area (Å²) in [7, 11) is 3.57. The van der Waals surface area contributed by atoms with Gasteiger partial charge in [-0.05, 0) is 48.1 Å². The number of halogens is 1. The predicted molar refractivity (Wildman–Crippen MR) is 67.9 cm³/mol. The van der Waals surface area contributed by atoms with Gasteiger partial charge in [0.05, 0.1) is 17.6 Å². The first-order valence-electron chi connectivity index (χ1n) is 5.10. The first-order chi connectivity index (χ1) is 7.65. The summed E-state index contributed by atoms with van der Waals surface area (Å²) >= 11 is 3.48. The van der Waals surface area contributed by atoms with Crippen LogP contribution in [0.4, 0.5) is 0 Å². The van der Waals surface area contributed by atoms with Gasteiger partial charge in [0.25, 0.3) is 0 Å². The van der Waals surface area contributed by atoms with Crippen molar-refractivity contribution in [1.82, 2.24) is 5.32 Å². The minimum atomic E-state index is 0.199. The van der Waals surface area contributed by atoms with E-state index >= 15 is 0 Å². The Balaban J connectivity index is 2.56. The minimum absolute atomic E-state index is 0.199. The van der Waals surface area contributed by atoms with E-state index in [1.807, 2.05) is 25.2 Å². The van der Waals surface area contributed by atoms with Crippen molar-refractivity contribution in [1.29, 1.82) is 0 Å². The van der Waals surface area contributed by atoms with Gasteiger partial charge in [-0.25, -0.2) is 0 Å². The van der Waals surface area contributed by atoms with Crippen molar-refractivity contribution in [2.24, 2.45) is 0 Å². The summed E-state index contributed by atoms with van der Waals surface area (Å²) in [6, 6.07) is 6.10. The Kier molecular flexibility index (Phi) is 3.21. The van der Waals surface area contributed by atoms with E-state index in [0.29, 0.717) is 0 Å². The van der Waals surface area contributed by atoms with E-state index in [9.17, 15) is 0 Å². The Morgan fingerprint density at radius 2 is 2.12 bits per heavy atom. The number of furan rings is 1. The van der Waals surface area contributed by atoms with Crippen molar-refractivity contribution < 1.29 is 9.15 Å². The quantitative estimate of drug-likeness (QED) is 0.937. The fourth-order valence-corrected chi connectivity index (χ4v) is 2.11. The molecule has 0 aliphatic rings. The van der Waals surface area contributed by atoms with E-state index in [1.165, 1.54) is 0 Å². The summed E-state index contributed by atoms with van der Waals surface area (Å²) in [6.07, 6.45) is 0. The van der Waals surface area contributed by atoms with Gasteiger partial charge in [-0.3, -0.25) is 0 Å². The van der Waals surface area contributed by atoms with Crippen molar-refractivity contribution in [3.63, 3.8) is 0 Å². The van der Waals surface area contributed by atoms with E-state index in [1.54, 1.807) is 7.11 Å². The van der Waals surface area contributed by atoms with Gasteiger partial charge in [-0.15, -0.1) is 0 Å². The summed E-state index contributed by atoms with van der Waals surface area (Å²) in [6.45, 7) is 2.06. The number of ether oxygens (including phenoxy) is 1. The highest BCUT2D eigenvalue weighted by Gasteiger charge is 2.12. The van der Waals surface area contributed by atoms with Crippen LogP contribution < -0.4 is 10.1 Å². The highest BCUT2D eigenvalue weighted by atomic mass is 79.9. The third kappa shape index (κ3) is 1.95. The summed E-state index contributed by atoms with van der Waals surface area (Å²) in [5.74, 6) is 1.75. The maximum Gasteiger partial charge on any atom is 0.148 e. The second-order valence-electron chi connectivity index (χ2n) is 3.69. The van der Waals surface area contributed by atoms with Crippen molar-refractivity contribution in [3.05, 3.63) is 28.4 Å². The van der Waals surface area contributed by atoms with Crippen molar-refractivity contribution in [2.45, 2.75) is 13.0 Å². The lowest BCUT2D eigenvalue weighted by Crippen LogP contribution is -2.10. The highest BCUT2D eigenvalue weighted by Crippen LogP contribution is 2.33. The normalized spacial score (nSPS) is 13.0. The van der Waals surface area contributed by atoms with Crippen LogP contribution in [0.15, 0.2) is 27.1 Å². The molecular formula is C12H14BrNO2. The molecule has 0 bridgehead atoms.